The summed E-state index contributed by atoms with van der Waals surface area (Å²) in [4.78, 5) is 70.8. The molecule has 0 radical (unpaired) electrons. The van der Waals surface area contributed by atoms with E-state index in [4.69, 9.17) is 9.47 Å². The van der Waals surface area contributed by atoms with Crippen molar-refractivity contribution < 1.29 is 46.2 Å². The molecule has 2 N–H and O–H groups in total. The minimum absolute atomic E-state index is 0.0166. The van der Waals surface area contributed by atoms with Gasteiger partial charge in [-0.1, -0.05) is 84.9 Å². The summed E-state index contributed by atoms with van der Waals surface area (Å²) < 4.78 is 70.6. The maximum absolute atomic E-state index is 15.2. The number of nitrogens with zero attached hydrogens (tertiary/aromatic N) is 4. The van der Waals surface area contributed by atoms with E-state index >= 15 is 13.2 Å². The zero-order valence-corrected chi connectivity index (χ0v) is 38.1. The Balaban J connectivity index is 0.816. The van der Waals surface area contributed by atoms with Crippen LogP contribution >= 0.6 is 0 Å². The van der Waals surface area contributed by atoms with Crippen molar-refractivity contribution in [3.05, 3.63) is 195 Å². The Morgan fingerprint density at radius 1 is 0.704 bits per heavy atom. The molecule has 0 atom stereocenters. The molecule has 9 rings (SSSR count). The molecular formula is C54H46F4N6O7. The van der Waals surface area contributed by atoms with Crippen molar-refractivity contribution in [2.45, 2.75) is 12.3 Å². The number of amides is 4. The molecule has 1 aromatic heterocycles. The number of carbonyl (C=O) groups is 4. The van der Waals surface area contributed by atoms with Gasteiger partial charge >= 0.3 is 6.09 Å². The fourth-order valence-corrected chi connectivity index (χ4v) is 9.09. The summed E-state index contributed by atoms with van der Waals surface area (Å²) >= 11 is 0. The van der Waals surface area contributed by atoms with Gasteiger partial charge in [-0.25, -0.2) is 27.5 Å². The van der Waals surface area contributed by atoms with Crippen LogP contribution in [0.15, 0.2) is 132 Å². The van der Waals surface area contributed by atoms with Crippen molar-refractivity contribution in [3.63, 3.8) is 0 Å². The maximum Gasteiger partial charge on any atom is 0.410 e. The molecular weight excluding hydrogens is 921 g/mol. The van der Waals surface area contributed by atoms with E-state index in [1.165, 1.54) is 45.0 Å². The predicted molar refractivity (Wildman–Crippen MR) is 256 cm³/mol. The number of ether oxygens (including phenoxy) is 2. The van der Waals surface area contributed by atoms with Gasteiger partial charge in [0.25, 0.3) is 17.4 Å². The first kappa shape index (κ1) is 47.9. The molecule has 4 amide bonds. The second-order valence-electron chi connectivity index (χ2n) is 17.1. The Labute approximate surface area is 404 Å². The van der Waals surface area contributed by atoms with Crippen LogP contribution in [0.3, 0.4) is 0 Å². The topological polar surface area (TPSA) is 154 Å². The number of hydrogen-bond donors (Lipinski definition) is 2. The average Bonchev–Trinajstić information content (AvgIpc) is 3.70. The number of aromatic amines is 1. The molecule has 1 fully saturated rings. The van der Waals surface area contributed by atoms with Crippen molar-refractivity contribution in [2.24, 2.45) is 0 Å². The molecule has 0 bridgehead atoms. The quantitative estimate of drug-likeness (QED) is 0.0783. The van der Waals surface area contributed by atoms with E-state index in [-0.39, 0.29) is 93.7 Å². The molecule has 6 aromatic carbocycles. The number of H-pyrrole nitrogens is 1. The lowest BCUT2D eigenvalue weighted by Gasteiger charge is -2.36. The number of carbonyl (C=O) groups excluding carboxylic acids is 4. The minimum Gasteiger partial charge on any atom is -0.448 e. The normalized spacial score (nSPS) is 13.2. The van der Waals surface area contributed by atoms with Crippen molar-refractivity contribution in [3.8, 4) is 22.3 Å². The third-order valence-corrected chi connectivity index (χ3v) is 12.7. The van der Waals surface area contributed by atoms with E-state index in [9.17, 15) is 28.4 Å². The number of hydrogen-bond acceptors (Lipinski definition) is 8. The summed E-state index contributed by atoms with van der Waals surface area (Å²) in [5.41, 5.74) is 4.21. The molecule has 71 heavy (non-hydrogen) atoms. The summed E-state index contributed by atoms with van der Waals surface area (Å²) in [5, 5.41) is 10.2. The van der Waals surface area contributed by atoms with Gasteiger partial charge < -0.3 is 24.6 Å². The maximum atomic E-state index is 15.2. The van der Waals surface area contributed by atoms with Crippen LogP contribution < -0.4 is 10.9 Å². The van der Waals surface area contributed by atoms with Crippen LogP contribution in [0, 0.1) is 23.3 Å². The van der Waals surface area contributed by atoms with Crippen molar-refractivity contribution in [1.29, 1.82) is 0 Å². The molecule has 1 aliphatic heterocycles. The Bertz CT molecular complexity index is 3160. The van der Waals surface area contributed by atoms with Gasteiger partial charge in [0.15, 0.2) is 0 Å². The number of piperazine rings is 1. The molecule has 13 nitrogen and oxygen atoms in total. The number of rotatable bonds is 15. The van der Waals surface area contributed by atoms with Crippen LogP contribution in [0.5, 0.6) is 0 Å². The number of nitrogens with one attached hydrogen (secondary N) is 2. The Morgan fingerprint density at radius 2 is 1.37 bits per heavy atom. The molecule has 1 saturated heterocycles. The number of benzene rings is 6. The Kier molecular flexibility index (Phi) is 14.3. The van der Waals surface area contributed by atoms with E-state index in [2.05, 4.69) is 15.5 Å². The monoisotopic (exact) mass is 966 g/mol. The second-order valence-corrected chi connectivity index (χ2v) is 17.1. The highest BCUT2D eigenvalue weighted by atomic mass is 19.1. The number of aromatic nitrogens is 2. The SMILES string of the molecule is O=C(NCCOCCN(CC(=O)N1CCN(C(=O)c2cc(Cc3n[nH]c(=O)c4ccccc34)ccc2F)CC1)C(=O)OCC1c2ccccc2-c2ccccc21)c1c(F)cc(-c2cccc(F)c2)cc1F. The summed E-state index contributed by atoms with van der Waals surface area (Å²) in [5.74, 6) is -5.85. The zero-order chi connectivity index (χ0) is 49.6. The molecule has 1 aliphatic carbocycles. The van der Waals surface area contributed by atoms with Gasteiger partial charge in [-0.15, -0.1) is 0 Å². The van der Waals surface area contributed by atoms with E-state index in [1.54, 1.807) is 30.3 Å². The summed E-state index contributed by atoms with van der Waals surface area (Å²) in [6, 6.07) is 34.0. The largest absolute Gasteiger partial charge is 0.448 e. The summed E-state index contributed by atoms with van der Waals surface area (Å²) in [6.07, 6.45) is -0.556. The van der Waals surface area contributed by atoms with Crippen molar-refractivity contribution in [1.82, 2.24) is 30.2 Å². The van der Waals surface area contributed by atoms with Gasteiger partial charge in [0.2, 0.25) is 5.91 Å². The van der Waals surface area contributed by atoms with Gasteiger partial charge in [-0.05, 0) is 81.4 Å². The summed E-state index contributed by atoms with van der Waals surface area (Å²) in [6.45, 7) is -0.547. The summed E-state index contributed by atoms with van der Waals surface area (Å²) in [7, 11) is 0. The van der Waals surface area contributed by atoms with Crippen molar-refractivity contribution in [2.75, 3.05) is 65.6 Å². The number of fused-ring (bicyclic) bond motifs is 4. The lowest BCUT2D eigenvalue weighted by atomic mass is 9.98. The van der Waals surface area contributed by atoms with E-state index in [1.807, 2.05) is 48.5 Å². The zero-order valence-electron chi connectivity index (χ0n) is 38.1. The van der Waals surface area contributed by atoms with E-state index in [0.717, 1.165) is 40.5 Å². The first-order valence-electron chi connectivity index (χ1n) is 23.0. The van der Waals surface area contributed by atoms with Crippen LogP contribution in [0.1, 0.15) is 49.0 Å². The van der Waals surface area contributed by atoms with Gasteiger partial charge in [-0.3, -0.25) is 24.1 Å². The van der Waals surface area contributed by atoms with Crippen molar-refractivity contribution >= 4 is 34.6 Å². The third kappa shape index (κ3) is 10.5. The number of halogens is 4. The van der Waals surface area contributed by atoms with Crippen LogP contribution in [-0.4, -0.2) is 114 Å². The lowest BCUT2D eigenvalue weighted by molar-refractivity contribution is -0.133. The molecule has 0 saturated carbocycles. The molecule has 2 aliphatic rings. The van der Waals surface area contributed by atoms with Gasteiger partial charge in [0, 0.05) is 57.0 Å². The van der Waals surface area contributed by atoms with Crippen LogP contribution in [-0.2, 0) is 20.7 Å². The van der Waals surface area contributed by atoms with Gasteiger partial charge in [0.05, 0.1) is 29.9 Å². The fraction of sp³-hybridized carbons (Fsp3) is 0.222. The highest BCUT2D eigenvalue weighted by Crippen LogP contribution is 2.44. The van der Waals surface area contributed by atoms with E-state index in [0.29, 0.717) is 22.0 Å². The predicted octanol–water partition coefficient (Wildman–Crippen LogP) is 7.72. The fourth-order valence-electron chi connectivity index (χ4n) is 9.09. The molecule has 0 spiro atoms. The molecule has 0 unspecified atom stereocenters. The highest BCUT2D eigenvalue weighted by molar-refractivity contribution is 5.96. The minimum atomic E-state index is -1.13. The van der Waals surface area contributed by atoms with E-state index < -0.39 is 59.2 Å². The van der Waals surface area contributed by atoms with Crippen LogP contribution in [0.4, 0.5) is 22.4 Å². The first-order chi connectivity index (χ1) is 34.4. The van der Waals surface area contributed by atoms with Crippen LogP contribution in [0.25, 0.3) is 33.0 Å². The Hall–Kier alpha value is -8.18. The Morgan fingerprint density at radius 3 is 2.07 bits per heavy atom. The molecule has 2 heterocycles. The van der Waals surface area contributed by atoms with Crippen LogP contribution in [0.2, 0.25) is 0 Å². The average molecular weight is 967 g/mol. The molecule has 17 heteroatoms. The van der Waals surface area contributed by atoms with Gasteiger partial charge in [-0.2, -0.15) is 5.10 Å². The lowest BCUT2D eigenvalue weighted by Crippen LogP contribution is -2.53. The standard InChI is InChI=1S/C54H46F4N6O7/c55-36-9-7-8-34(28-36)35-29-46(57)50(47(58)30-35)52(67)59-18-24-70-25-23-64(54(69)71-32-44-39-12-3-1-10-37(39)38-11-2-4-13-40(38)44)31-49(65)62-19-21-63(22-20-62)53(68)43-26-33(16-17-45(43)56)27-48-41-14-5-6-15-42(41)51(66)61-60-48/h1-17,26,28-30,44H,18-25,27,31-32H2,(H,59,67)(H,61,66). The second kappa shape index (κ2) is 21.2. The van der Waals surface area contributed by atoms with Gasteiger partial charge in [0.1, 0.15) is 42.0 Å². The first-order valence-corrected chi connectivity index (χ1v) is 23.0. The molecule has 7 aromatic rings. The molecule has 362 valence electrons. The smallest absolute Gasteiger partial charge is 0.410 e. The third-order valence-electron chi connectivity index (χ3n) is 12.7. The highest BCUT2D eigenvalue weighted by Gasteiger charge is 2.32.